The zero-order valence-corrected chi connectivity index (χ0v) is 20.6. The molecule has 0 atom stereocenters. The number of fused-ring (bicyclic) bond motifs is 2. The first-order valence-corrected chi connectivity index (χ1v) is 12.2. The van der Waals surface area contributed by atoms with Gasteiger partial charge in [-0.25, -0.2) is 9.07 Å². The molecule has 1 fully saturated rings. The van der Waals surface area contributed by atoms with E-state index in [-0.39, 0.29) is 56.9 Å². The standard InChI is InChI=1S/C26H19ClF3N3O5/c1-2-32(17-5-6-19-21(10-17)38-26(29,30)37-19)22(34)12-33-25(35)18-11-20(13-3-4-13)36-24(18)23(31-33)14-7-15(27)9-16(28)8-14/h5-11,13H,2-4,12H2,1H3. The van der Waals surface area contributed by atoms with Crippen molar-refractivity contribution in [3.8, 4) is 22.8 Å². The maximum atomic E-state index is 14.2. The van der Waals surface area contributed by atoms with Gasteiger partial charge in [-0.15, -0.1) is 8.78 Å². The molecule has 6 rings (SSSR count). The number of carbonyl (C=O) groups excluding carboxylic acids is 1. The van der Waals surface area contributed by atoms with Gasteiger partial charge in [-0.3, -0.25) is 9.59 Å². The fourth-order valence-corrected chi connectivity index (χ4v) is 4.69. The summed E-state index contributed by atoms with van der Waals surface area (Å²) >= 11 is 6.06. The van der Waals surface area contributed by atoms with E-state index in [9.17, 15) is 22.8 Å². The molecule has 1 amide bonds. The summed E-state index contributed by atoms with van der Waals surface area (Å²) in [6.45, 7) is 1.37. The molecule has 3 heterocycles. The Hall–Kier alpha value is -3.99. The highest BCUT2D eigenvalue weighted by molar-refractivity contribution is 6.30. The van der Waals surface area contributed by atoms with Crippen LogP contribution in [0.15, 0.2) is 51.7 Å². The van der Waals surface area contributed by atoms with Gasteiger partial charge in [-0.05, 0) is 56.2 Å². The molecule has 2 aromatic carbocycles. The minimum atomic E-state index is -3.80. The SMILES string of the molecule is CCN(C(=O)Cn1nc(-c2cc(F)cc(Cl)c2)c2oc(C3CC3)cc2c1=O)c1ccc2c(c1)OC(F)(F)O2. The quantitative estimate of drug-likeness (QED) is 0.309. The summed E-state index contributed by atoms with van der Waals surface area (Å²) in [6.07, 6.45) is -1.95. The van der Waals surface area contributed by atoms with Gasteiger partial charge < -0.3 is 18.8 Å². The number of hydrogen-bond donors (Lipinski definition) is 0. The highest BCUT2D eigenvalue weighted by Gasteiger charge is 2.43. The molecule has 0 N–H and O–H groups in total. The van der Waals surface area contributed by atoms with Gasteiger partial charge in [-0.2, -0.15) is 5.10 Å². The summed E-state index contributed by atoms with van der Waals surface area (Å²) in [5.74, 6) is -0.701. The average molecular weight is 546 g/mol. The van der Waals surface area contributed by atoms with E-state index in [0.29, 0.717) is 5.76 Å². The van der Waals surface area contributed by atoms with Gasteiger partial charge in [0, 0.05) is 34.8 Å². The zero-order valence-electron chi connectivity index (χ0n) is 19.8. The Balaban J connectivity index is 1.39. The maximum absolute atomic E-state index is 14.2. The molecule has 2 aliphatic rings. The van der Waals surface area contributed by atoms with Crippen LogP contribution in [0.25, 0.3) is 22.2 Å². The summed E-state index contributed by atoms with van der Waals surface area (Å²) in [5, 5.41) is 4.70. The van der Waals surface area contributed by atoms with Crippen LogP contribution in [-0.4, -0.2) is 28.5 Å². The van der Waals surface area contributed by atoms with E-state index < -0.39 is 30.1 Å². The van der Waals surface area contributed by atoms with E-state index in [2.05, 4.69) is 14.6 Å². The molecule has 2 aromatic heterocycles. The number of aromatic nitrogens is 2. The molecule has 8 nitrogen and oxygen atoms in total. The van der Waals surface area contributed by atoms with E-state index in [1.54, 1.807) is 13.0 Å². The first kappa shape index (κ1) is 24.4. The molecule has 1 aliphatic heterocycles. The van der Waals surface area contributed by atoms with Crippen LogP contribution < -0.4 is 19.9 Å². The van der Waals surface area contributed by atoms with Crippen LogP contribution in [-0.2, 0) is 11.3 Å². The number of nitrogens with zero attached hydrogens (tertiary/aromatic N) is 3. The van der Waals surface area contributed by atoms with Crippen molar-refractivity contribution in [2.24, 2.45) is 0 Å². The summed E-state index contributed by atoms with van der Waals surface area (Å²) in [4.78, 5) is 28.0. The Labute approximate surface area is 218 Å². The average Bonchev–Trinajstić information content (AvgIpc) is 3.51. The van der Waals surface area contributed by atoms with E-state index in [1.807, 2.05) is 0 Å². The molecule has 0 unspecified atom stereocenters. The van der Waals surface area contributed by atoms with Crippen LogP contribution in [0.5, 0.6) is 11.5 Å². The molecule has 0 spiro atoms. The molecular formula is C26H19ClF3N3O5. The molecule has 1 aliphatic carbocycles. The number of alkyl halides is 2. The van der Waals surface area contributed by atoms with E-state index in [0.717, 1.165) is 23.6 Å². The third kappa shape index (κ3) is 4.36. The monoisotopic (exact) mass is 545 g/mol. The maximum Gasteiger partial charge on any atom is 0.586 e. The van der Waals surface area contributed by atoms with Gasteiger partial charge in [0.15, 0.2) is 17.1 Å². The van der Waals surface area contributed by atoms with Crippen LogP contribution in [0.4, 0.5) is 18.9 Å². The first-order chi connectivity index (χ1) is 18.1. The van der Waals surface area contributed by atoms with Crippen molar-refractivity contribution in [1.29, 1.82) is 0 Å². The molecule has 196 valence electrons. The smallest absolute Gasteiger partial charge is 0.458 e. The summed E-state index contributed by atoms with van der Waals surface area (Å²) in [7, 11) is 0. The van der Waals surface area contributed by atoms with Crippen molar-refractivity contribution in [3.05, 3.63) is 69.4 Å². The Kier molecular flexibility index (Phi) is 5.64. The predicted octanol–water partition coefficient (Wildman–Crippen LogP) is 5.70. The van der Waals surface area contributed by atoms with E-state index in [4.69, 9.17) is 16.0 Å². The summed E-state index contributed by atoms with van der Waals surface area (Å²) in [5.41, 5.74) is 0.335. The van der Waals surface area contributed by atoms with Crippen molar-refractivity contribution in [2.45, 2.75) is 38.5 Å². The van der Waals surface area contributed by atoms with Gasteiger partial charge in [0.25, 0.3) is 5.56 Å². The highest BCUT2D eigenvalue weighted by Crippen LogP contribution is 2.44. The Morgan fingerprint density at radius 3 is 2.63 bits per heavy atom. The minimum Gasteiger partial charge on any atom is -0.458 e. The number of carbonyl (C=O) groups is 1. The second-order valence-electron chi connectivity index (χ2n) is 9.07. The Bertz CT molecular complexity index is 1640. The predicted molar refractivity (Wildman–Crippen MR) is 131 cm³/mol. The number of ether oxygens (including phenoxy) is 2. The van der Waals surface area contributed by atoms with Crippen LogP contribution in [0.1, 0.15) is 31.4 Å². The lowest BCUT2D eigenvalue weighted by Gasteiger charge is -2.21. The molecule has 38 heavy (non-hydrogen) atoms. The van der Waals surface area contributed by atoms with Crippen molar-refractivity contribution in [1.82, 2.24) is 9.78 Å². The lowest BCUT2D eigenvalue weighted by molar-refractivity contribution is -0.286. The Morgan fingerprint density at radius 2 is 1.92 bits per heavy atom. The van der Waals surface area contributed by atoms with Gasteiger partial charge in [0.05, 0.1) is 5.39 Å². The fourth-order valence-electron chi connectivity index (χ4n) is 4.47. The summed E-state index contributed by atoms with van der Waals surface area (Å²) in [6, 6.07) is 9.44. The molecule has 1 saturated carbocycles. The lowest BCUT2D eigenvalue weighted by Crippen LogP contribution is -2.37. The number of benzene rings is 2. The third-order valence-corrected chi connectivity index (χ3v) is 6.58. The van der Waals surface area contributed by atoms with Gasteiger partial charge in [0.1, 0.15) is 23.8 Å². The van der Waals surface area contributed by atoms with Crippen molar-refractivity contribution < 1.29 is 31.9 Å². The van der Waals surface area contributed by atoms with Crippen LogP contribution >= 0.6 is 11.6 Å². The number of hydrogen-bond acceptors (Lipinski definition) is 6. The molecule has 0 saturated heterocycles. The molecule has 4 aromatic rings. The molecule has 0 radical (unpaired) electrons. The van der Waals surface area contributed by atoms with Crippen LogP contribution in [0, 0.1) is 5.82 Å². The van der Waals surface area contributed by atoms with Gasteiger partial charge in [-0.1, -0.05) is 11.6 Å². The lowest BCUT2D eigenvalue weighted by atomic mass is 10.1. The van der Waals surface area contributed by atoms with Crippen molar-refractivity contribution in [3.63, 3.8) is 0 Å². The van der Waals surface area contributed by atoms with E-state index >= 15 is 0 Å². The second kappa shape index (κ2) is 8.80. The number of furan rings is 1. The molecule has 0 bridgehead atoms. The van der Waals surface area contributed by atoms with E-state index in [1.165, 1.54) is 35.2 Å². The number of likely N-dealkylation sites (N-methyl/N-ethyl adjacent to an activating group) is 1. The largest absolute Gasteiger partial charge is 0.586 e. The highest BCUT2D eigenvalue weighted by atomic mass is 35.5. The molecular weight excluding hydrogens is 527 g/mol. The fraction of sp³-hybridized carbons (Fsp3) is 0.269. The topological polar surface area (TPSA) is 86.8 Å². The van der Waals surface area contributed by atoms with Gasteiger partial charge >= 0.3 is 6.29 Å². The van der Waals surface area contributed by atoms with Crippen LogP contribution in [0.3, 0.4) is 0 Å². The normalized spacial score (nSPS) is 15.7. The van der Waals surface area contributed by atoms with Gasteiger partial charge in [0.2, 0.25) is 5.91 Å². The zero-order chi connectivity index (χ0) is 26.8. The Morgan fingerprint density at radius 1 is 1.16 bits per heavy atom. The minimum absolute atomic E-state index is 0.128. The van der Waals surface area contributed by atoms with Crippen LogP contribution in [0.2, 0.25) is 5.02 Å². The second-order valence-corrected chi connectivity index (χ2v) is 9.51. The van der Waals surface area contributed by atoms with Crippen molar-refractivity contribution in [2.75, 3.05) is 11.4 Å². The number of anilines is 1. The third-order valence-electron chi connectivity index (χ3n) is 6.37. The molecule has 12 heteroatoms. The summed E-state index contributed by atoms with van der Waals surface area (Å²) < 4.78 is 56.9. The number of amides is 1. The first-order valence-electron chi connectivity index (χ1n) is 11.8. The van der Waals surface area contributed by atoms with Crippen molar-refractivity contribution >= 4 is 34.2 Å². The number of halogens is 4. The number of rotatable bonds is 6.